The number of carbonyl (C=O) groups is 4. The minimum absolute atomic E-state index is 0.0655. The van der Waals surface area contributed by atoms with Gasteiger partial charge < -0.3 is 11.1 Å². The molecule has 5 rings (SSSR count). The molecule has 2 saturated heterocycles. The summed E-state index contributed by atoms with van der Waals surface area (Å²) in [6.45, 7) is 1.81. The number of nitrogens with one attached hydrogen (secondary N) is 2. The third-order valence-corrected chi connectivity index (χ3v) is 8.17. The number of primary amides is 1. The number of rotatable bonds is 4. The van der Waals surface area contributed by atoms with E-state index in [2.05, 4.69) is 10.6 Å². The summed E-state index contributed by atoms with van der Waals surface area (Å²) in [5, 5.41) is 6.75. The molecule has 0 aromatic heterocycles. The lowest BCUT2D eigenvalue weighted by molar-refractivity contribution is -0.146. The van der Waals surface area contributed by atoms with Gasteiger partial charge in [0.2, 0.25) is 23.6 Å². The van der Waals surface area contributed by atoms with E-state index in [0.29, 0.717) is 21.8 Å². The highest BCUT2D eigenvalue weighted by atomic mass is 35.5. The number of carbonyl (C=O) groups excluding carboxylic acids is 4. The topological polar surface area (TPSA) is 122 Å². The van der Waals surface area contributed by atoms with Crippen molar-refractivity contribution in [1.29, 1.82) is 0 Å². The van der Waals surface area contributed by atoms with Crippen molar-refractivity contribution in [2.45, 2.75) is 69.5 Å². The summed E-state index contributed by atoms with van der Waals surface area (Å²) >= 11 is 6.28. The fourth-order valence-corrected chi connectivity index (χ4v) is 6.41. The largest absolute Gasteiger partial charge is 0.370 e. The Morgan fingerprint density at radius 1 is 1.19 bits per heavy atom. The summed E-state index contributed by atoms with van der Waals surface area (Å²) in [5.41, 5.74) is 5.94. The lowest BCUT2D eigenvalue weighted by atomic mass is 9.76. The fraction of sp³-hybridized carbons (Fsp3) is 0.565. The molecule has 4 aliphatic rings. The van der Waals surface area contributed by atoms with E-state index in [1.165, 1.54) is 4.90 Å². The first-order valence-corrected chi connectivity index (χ1v) is 11.7. The van der Waals surface area contributed by atoms with Crippen LogP contribution in [0, 0.1) is 18.8 Å². The Hall–Kier alpha value is -2.45. The van der Waals surface area contributed by atoms with Crippen LogP contribution in [-0.4, -0.2) is 40.6 Å². The van der Waals surface area contributed by atoms with E-state index in [4.69, 9.17) is 17.3 Å². The number of benzene rings is 1. The van der Waals surface area contributed by atoms with E-state index in [-0.39, 0.29) is 36.6 Å². The number of fused-ring (bicyclic) bond motifs is 4. The van der Waals surface area contributed by atoms with E-state index in [1.807, 2.05) is 6.92 Å². The van der Waals surface area contributed by atoms with Gasteiger partial charge in [-0.15, -0.1) is 0 Å². The minimum atomic E-state index is -1.37. The second-order valence-electron chi connectivity index (χ2n) is 9.45. The molecule has 9 heteroatoms. The van der Waals surface area contributed by atoms with Gasteiger partial charge in [0.25, 0.3) is 0 Å². The monoisotopic (exact) mass is 458 g/mol. The molecule has 1 aromatic carbocycles. The van der Waals surface area contributed by atoms with Gasteiger partial charge in [0.05, 0.1) is 17.5 Å². The molecule has 4 amide bonds. The van der Waals surface area contributed by atoms with E-state index < -0.39 is 29.3 Å². The molecule has 3 heterocycles. The Kier molecular flexibility index (Phi) is 5.05. The van der Waals surface area contributed by atoms with Gasteiger partial charge in [0.1, 0.15) is 5.54 Å². The van der Waals surface area contributed by atoms with Crippen LogP contribution in [0.4, 0.5) is 5.69 Å². The maximum Gasteiger partial charge on any atom is 0.250 e. The summed E-state index contributed by atoms with van der Waals surface area (Å²) in [4.78, 5) is 53.9. The number of hydrogen-bond donors (Lipinski definition) is 3. The Morgan fingerprint density at radius 3 is 2.59 bits per heavy atom. The number of anilines is 1. The zero-order chi connectivity index (χ0) is 22.8. The van der Waals surface area contributed by atoms with Gasteiger partial charge in [0, 0.05) is 29.1 Å². The molecule has 8 nitrogen and oxygen atoms in total. The standard InChI is InChI=1S/C23H27ClN4O4/c1-11-14(24)8-7-13-19(11)26-22(32)23(13)18-17(15(27-23)9-10-16(25)29)20(30)28(21(18)31)12-5-3-2-4-6-12/h7-8,12,15,17-18,27H,2-6,9-10H2,1H3,(H2,25,29)(H,26,32)/t15-,17+,18-,23-/m0/s1. The molecule has 170 valence electrons. The third-order valence-electron chi connectivity index (χ3n) is 7.76. The number of amides is 4. The number of nitrogens with zero attached hydrogens (tertiary/aromatic N) is 1. The Morgan fingerprint density at radius 2 is 1.91 bits per heavy atom. The van der Waals surface area contributed by atoms with Crippen LogP contribution in [0.5, 0.6) is 0 Å². The van der Waals surface area contributed by atoms with Gasteiger partial charge in [0.15, 0.2) is 0 Å². The second-order valence-corrected chi connectivity index (χ2v) is 9.86. The molecule has 3 fully saturated rings. The molecule has 1 aromatic rings. The number of likely N-dealkylation sites (tertiary alicyclic amines) is 1. The van der Waals surface area contributed by atoms with E-state index in [1.54, 1.807) is 12.1 Å². The van der Waals surface area contributed by atoms with Gasteiger partial charge in [-0.1, -0.05) is 36.9 Å². The summed E-state index contributed by atoms with van der Waals surface area (Å²) in [6.07, 6.45) is 4.99. The third kappa shape index (κ3) is 2.85. The van der Waals surface area contributed by atoms with Crippen LogP contribution in [0.3, 0.4) is 0 Å². The van der Waals surface area contributed by atoms with Crippen molar-refractivity contribution >= 4 is 40.9 Å². The average Bonchev–Trinajstić information content (AvgIpc) is 3.35. The lowest BCUT2D eigenvalue weighted by Crippen LogP contribution is -2.54. The minimum Gasteiger partial charge on any atom is -0.370 e. The summed E-state index contributed by atoms with van der Waals surface area (Å²) in [5.74, 6) is -2.95. The molecule has 1 spiro atoms. The predicted molar refractivity (Wildman–Crippen MR) is 118 cm³/mol. The van der Waals surface area contributed by atoms with Crippen molar-refractivity contribution in [2.75, 3.05) is 5.32 Å². The van der Waals surface area contributed by atoms with Crippen molar-refractivity contribution in [3.8, 4) is 0 Å². The highest BCUT2D eigenvalue weighted by Crippen LogP contribution is 2.55. The van der Waals surface area contributed by atoms with Gasteiger partial charge in [-0.05, 0) is 37.8 Å². The second kappa shape index (κ2) is 7.56. The average molecular weight is 459 g/mol. The molecular formula is C23H27ClN4O4. The van der Waals surface area contributed by atoms with Crippen LogP contribution < -0.4 is 16.4 Å². The first-order valence-electron chi connectivity index (χ1n) is 11.3. The lowest BCUT2D eigenvalue weighted by Gasteiger charge is -2.34. The summed E-state index contributed by atoms with van der Waals surface area (Å²) in [6, 6.07) is 2.83. The van der Waals surface area contributed by atoms with Crippen LogP contribution in [0.2, 0.25) is 5.02 Å². The van der Waals surface area contributed by atoms with Crippen LogP contribution in [0.25, 0.3) is 0 Å². The first kappa shape index (κ1) is 21.4. The van der Waals surface area contributed by atoms with Crippen molar-refractivity contribution in [1.82, 2.24) is 10.2 Å². The van der Waals surface area contributed by atoms with Crippen molar-refractivity contribution in [3.63, 3.8) is 0 Å². The first-order chi connectivity index (χ1) is 15.3. The van der Waals surface area contributed by atoms with Crippen LogP contribution >= 0.6 is 11.6 Å². The zero-order valence-corrected chi connectivity index (χ0v) is 18.7. The molecule has 4 N–H and O–H groups in total. The molecule has 4 atom stereocenters. The van der Waals surface area contributed by atoms with Crippen molar-refractivity contribution in [2.24, 2.45) is 17.6 Å². The molecule has 3 aliphatic heterocycles. The van der Waals surface area contributed by atoms with Crippen molar-refractivity contribution < 1.29 is 19.2 Å². The molecule has 32 heavy (non-hydrogen) atoms. The summed E-state index contributed by atoms with van der Waals surface area (Å²) < 4.78 is 0. The Bertz CT molecular complexity index is 1040. The van der Waals surface area contributed by atoms with Gasteiger partial charge in [-0.2, -0.15) is 0 Å². The zero-order valence-electron chi connectivity index (χ0n) is 17.9. The highest BCUT2D eigenvalue weighted by molar-refractivity contribution is 6.32. The quantitative estimate of drug-likeness (QED) is 0.595. The van der Waals surface area contributed by atoms with Gasteiger partial charge in [-0.3, -0.25) is 29.4 Å². The maximum absolute atomic E-state index is 13.8. The number of halogens is 1. The Balaban J connectivity index is 1.62. The number of imide groups is 1. The smallest absolute Gasteiger partial charge is 0.250 e. The predicted octanol–water partition coefficient (Wildman–Crippen LogP) is 1.97. The molecule has 0 radical (unpaired) electrons. The summed E-state index contributed by atoms with van der Waals surface area (Å²) in [7, 11) is 0. The molecule has 1 aliphatic carbocycles. The van der Waals surface area contributed by atoms with Crippen LogP contribution in [-0.2, 0) is 24.7 Å². The van der Waals surface area contributed by atoms with E-state index in [9.17, 15) is 19.2 Å². The number of hydrogen-bond acceptors (Lipinski definition) is 5. The molecule has 0 bridgehead atoms. The van der Waals surface area contributed by atoms with Gasteiger partial charge >= 0.3 is 0 Å². The van der Waals surface area contributed by atoms with Crippen LogP contribution in [0.1, 0.15) is 56.1 Å². The molecule has 1 saturated carbocycles. The van der Waals surface area contributed by atoms with Crippen LogP contribution in [0.15, 0.2) is 12.1 Å². The molecule has 0 unspecified atom stereocenters. The highest BCUT2D eigenvalue weighted by Gasteiger charge is 2.70. The number of nitrogens with two attached hydrogens (primary N) is 1. The van der Waals surface area contributed by atoms with E-state index >= 15 is 0 Å². The Labute approximate surface area is 191 Å². The van der Waals surface area contributed by atoms with Crippen molar-refractivity contribution in [3.05, 3.63) is 28.3 Å². The molecular weight excluding hydrogens is 432 g/mol. The normalized spacial score (nSPS) is 31.9. The SMILES string of the molecule is Cc1c(Cl)ccc2c1NC(=O)[C@]21N[C@@H](CCC(N)=O)[C@H]2C(=O)N(C3CCCCC3)C(=O)[C@H]21. The maximum atomic E-state index is 13.8. The fourth-order valence-electron chi connectivity index (χ4n) is 6.26. The van der Waals surface area contributed by atoms with Gasteiger partial charge in [-0.25, -0.2) is 0 Å². The van der Waals surface area contributed by atoms with E-state index in [0.717, 1.165) is 32.1 Å².